The Labute approximate surface area is 131 Å². The number of carbonyl (C=O) groups is 2. The zero-order valence-corrected chi connectivity index (χ0v) is 13.3. The topological polar surface area (TPSA) is 63.6 Å². The molecule has 23 heavy (non-hydrogen) atoms. The minimum Gasteiger partial charge on any atom is -0.481 e. The van der Waals surface area contributed by atoms with Gasteiger partial charge >= 0.3 is 18.1 Å². The highest BCUT2D eigenvalue weighted by Crippen LogP contribution is 2.34. The highest BCUT2D eigenvalue weighted by Gasteiger charge is 2.43. The second kappa shape index (κ2) is 7.44. The molecule has 0 saturated heterocycles. The Kier molecular flexibility index (Phi) is 6.98. The second-order valence-electron chi connectivity index (χ2n) is 6.51. The average molecular weight is 348 g/mol. The van der Waals surface area contributed by atoms with E-state index in [0.717, 1.165) is 0 Å². The molecule has 0 aliphatic heterocycles. The van der Waals surface area contributed by atoms with Crippen molar-refractivity contribution in [2.24, 2.45) is 11.8 Å². The van der Waals surface area contributed by atoms with Gasteiger partial charge in [-0.25, -0.2) is 8.78 Å². The molecule has 9 heteroatoms. The number of carboxylic acids is 1. The van der Waals surface area contributed by atoms with Gasteiger partial charge in [0, 0.05) is 12.8 Å². The summed E-state index contributed by atoms with van der Waals surface area (Å²) in [5.74, 6) is -10.2. The van der Waals surface area contributed by atoms with Gasteiger partial charge in [0.05, 0.1) is 11.8 Å². The summed E-state index contributed by atoms with van der Waals surface area (Å²) in [5.41, 5.74) is -1.08. The third-order valence-electron chi connectivity index (χ3n) is 2.83. The number of carboxylic acid groups (broad SMARTS) is 1. The van der Waals surface area contributed by atoms with Crippen LogP contribution in [0.2, 0.25) is 0 Å². The molecular weight excluding hydrogens is 327 g/mol. The van der Waals surface area contributed by atoms with E-state index in [2.05, 4.69) is 0 Å². The maximum absolute atomic E-state index is 13.2. The first-order valence-corrected chi connectivity index (χ1v) is 6.92. The van der Waals surface area contributed by atoms with Crippen LogP contribution >= 0.6 is 0 Å². The molecule has 2 atom stereocenters. The largest absolute Gasteiger partial charge is 0.481 e. The number of hydrogen-bond acceptors (Lipinski definition) is 3. The van der Waals surface area contributed by atoms with Gasteiger partial charge in [-0.15, -0.1) is 0 Å². The molecule has 0 aliphatic carbocycles. The highest BCUT2D eigenvalue weighted by molar-refractivity contribution is 5.81. The zero-order chi connectivity index (χ0) is 18.6. The predicted octanol–water partition coefficient (Wildman–Crippen LogP) is 4.03. The highest BCUT2D eigenvalue weighted by atomic mass is 19.4. The van der Waals surface area contributed by atoms with Crippen molar-refractivity contribution in [1.82, 2.24) is 0 Å². The number of alkyl halides is 5. The van der Waals surface area contributed by atoms with E-state index in [-0.39, 0.29) is 0 Å². The fraction of sp³-hybridized carbons (Fsp3) is 0.857. The third kappa shape index (κ3) is 10.1. The van der Waals surface area contributed by atoms with Crippen LogP contribution in [0.25, 0.3) is 0 Å². The lowest BCUT2D eigenvalue weighted by molar-refractivity contribution is -0.173. The minimum atomic E-state index is -4.65. The Morgan fingerprint density at radius 2 is 1.48 bits per heavy atom. The van der Waals surface area contributed by atoms with E-state index in [9.17, 15) is 31.5 Å². The molecule has 2 unspecified atom stereocenters. The number of carbonyl (C=O) groups excluding carboxylic acids is 1. The molecule has 0 saturated carbocycles. The first kappa shape index (κ1) is 21.6. The third-order valence-corrected chi connectivity index (χ3v) is 2.83. The summed E-state index contributed by atoms with van der Waals surface area (Å²) in [7, 11) is 0. The molecule has 0 heterocycles. The SMILES string of the molecule is CC(F)(F)CC(C(=O)OC(C)(C)C)C(CCC(F)(F)F)C(=O)O. The van der Waals surface area contributed by atoms with Crippen molar-refractivity contribution in [3.8, 4) is 0 Å². The quantitative estimate of drug-likeness (QED) is 0.557. The fourth-order valence-electron chi connectivity index (χ4n) is 1.97. The standard InChI is InChI=1S/C14H21F5O4/c1-12(2,3)23-11(22)9(7-13(4,15)16)8(10(20)21)5-6-14(17,18)19/h8-9H,5-7H2,1-4H3,(H,20,21). The van der Waals surface area contributed by atoms with Crippen molar-refractivity contribution in [1.29, 1.82) is 0 Å². The van der Waals surface area contributed by atoms with Crippen LogP contribution in [0.5, 0.6) is 0 Å². The minimum absolute atomic E-state index is 0.465. The van der Waals surface area contributed by atoms with Crippen LogP contribution in [0.1, 0.15) is 47.0 Å². The first-order valence-electron chi connectivity index (χ1n) is 6.92. The van der Waals surface area contributed by atoms with Gasteiger partial charge in [-0.2, -0.15) is 13.2 Å². The van der Waals surface area contributed by atoms with Gasteiger partial charge in [0.1, 0.15) is 5.60 Å². The van der Waals surface area contributed by atoms with Crippen LogP contribution in [-0.4, -0.2) is 34.7 Å². The van der Waals surface area contributed by atoms with Gasteiger partial charge in [0.15, 0.2) is 0 Å². The molecule has 0 amide bonds. The number of esters is 1. The summed E-state index contributed by atoms with van der Waals surface area (Å²) < 4.78 is 68.3. The maximum atomic E-state index is 13.2. The summed E-state index contributed by atoms with van der Waals surface area (Å²) in [6.45, 7) is 4.79. The Balaban J connectivity index is 5.40. The van der Waals surface area contributed by atoms with E-state index in [1.165, 1.54) is 20.8 Å². The van der Waals surface area contributed by atoms with Crippen LogP contribution in [-0.2, 0) is 14.3 Å². The first-order chi connectivity index (χ1) is 10.0. The molecule has 136 valence electrons. The lowest BCUT2D eigenvalue weighted by atomic mass is 9.84. The van der Waals surface area contributed by atoms with Crippen LogP contribution in [0.3, 0.4) is 0 Å². The van der Waals surface area contributed by atoms with E-state index in [4.69, 9.17) is 9.84 Å². The Morgan fingerprint density at radius 1 is 1.00 bits per heavy atom. The van der Waals surface area contributed by atoms with Crippen LogP contribution in [0.4, 0.5) is 22.0 Å². The van der Waals surface area contributed by atoms with E-state index < -0.39 is 60.7 Å². The van der Waals surface area contributed by atoms with Crippen molar-refractivity contribution in [2.45, 2.75) is 64.7 Å². The molecule has 0 rings (SSSR count). The molecule has 4 nitrogen and oxygen atoms in total. The van der Waals surface area contributed by atoms with Crippen LogP contribution < -0.4 is 0 Å². The van der Waals surface area contributed by atoms with Gasteiger partial charge in [-0.05, 0) is 34.1 Å². The number of hydrogen-bond donors (Lipinski definition) is 1. The van der Waals surface area contributed by atoms with Crippen molar-refractivity contribution < 1.29 is 41.4 Å². The lowest BCUT2D eigenvalue weighted by Crippen LogP contribution is -2.38. The molecule has 1 N–H and O–H groups in total. The maximum Gasteiger partial charge on any atom is 0.389 e. The van der Waals surface area contributed by atoms with Gasteiger partial charge in [0.2, 0.25) is 5.92 Å². The van der Waals surface area contributed by atoms with Gasteiger partial charge in [-0.3, -0.25) is 9.59 Å². The summed E-state index contributed by atoms with van der Waals surface area (Å²) >= 11 is 0. The van der Waals surface area contributed by atoms with Crippen molar-refractivity contribution >= 4 is 11.9 Å². The molecule has 0 aromatic carbocycles. The second-order valence-corrected chi connectivity index (χ2v) is 6.51. The number of ether oxygens (including phenoxy) is 1. The molecule has 0 spiro atoms. The molecule has 0 bridgehead atoms. The van der Waals surface area contributed by atoms with E-state index in [1.54, 1.807) is 0 Å². The zero-order valence-electron chi connectivity index (χ0n) is 13.3. The molecule has 0 radical (unpaired) electrons. The molecular formula is C14H21F5O4. The summed E-state index contributed by atoms with van der Waals surface area (Å²) in [6.07, 6.45) is -8.31. The summed E-state index contributed by atoms with van der Waals surface area (Å²) in [5, 5.41) is 9.06. The molecule has 0 aromatic rings. The van der Waals surface area contributed by atoms with Crippen LogP contribution in [0, 0.1) is 11.8 Å². The molecule has 0 fully saturated rings. The van der Waals surface area contributed by atoms with Gasteiger partial charge < -0.3 is 9.84 Å². The van der Waals surface area contributed by atoms with Crippen LogP contribution in [0.15, 0.2) is 0 Å². The average Bonchev–Trinajstić information content (AvgIpc) is 2.21. The predicted molar refractivity (Wildman–Crippen MR) is 71.0 cm³/mol. The normalized spacial score (nSPS) is 15.9. The van der Waals surface area contributed by atoms with Crippen molar-refractivity contribution in [3.05, 3.63) is 0 Å². The smallest absolute Gasteiger partial charge is 0.389 e. The molecule has 0 aliphatic rings. The van der Waals surface area contributed by atoms with E-state index in [0.29, 0.717) is 6.92 Å². The number of aliphatic carboxylic acids is 1. The van der Waals surface area contributed by atoms with E-state index in [1.807, 2.05) is 0 Å². The Morgan fingerprint density at radius 3 is 1.78 bits per heavy atom. The monoisotopic (exact) mass is 348 g/mol. The fourth-order valence-corrected chi connectivity index (χ4v) is 1.97. The summed E-state index contributed by atoms with van der Waals surface area (Å²) in [4.78, 5) is 23.2. The van der Waals surface area contributed by atoms with E-state index >= 15 is 0 Å². The Bertz CT molecular complexity index is 420. The Hall–Kier alpha value is -1.41. The van der Waals surface area contributed by atoms with Gasteiger partial charge in [-0.1, -0.05) is 0 Å². The lowest BCUT2D eigenvalue weighted by Gasteiger charge is -2.29. The van der Waals surface area contributed by atoms with Crippen molar-refractivity contribution in [3.63, 3.8) is 0 Å². The molecule has 0 aromatic heterocycles. The number of rotatable bonds is 7. The summed E-state index contributed by atoms with van der Waals surface area (Å²) in [6, 6.07) is 0. The van der Waals surface area contributed by atoms with Crippen molar-refractivity contribution in [2.75, 3.05) is 0 Å². The van der Waals surface area contributed by atoms with Gasteiger partial charge in [0.25, 0.3) is 0 Å². The number of halogens is 5.